The van der Waals surface area contributed by atoms with Crippen LogP contribution in [0.4, 0.5) is 11.4 Å². The molecule has 4 rings (SSSR count). The first kappa shape index (κ1) is 20.4. The van der Waals surface area contributed by atoms with Crippen LogP contribution in [0.3, 0.4) is 0 Å². The van der Waals surface area contributed by atoms with Gasteiger partial charge in [0.15, 0.2) is 0 Å². The number of anilines is 2. The van der Waals surface area contributed by atoms with Crippen molar-refractivity contribution in [1.82, 2.24) is 0 Å². The molecule has 0 saturated carbocycles. The number of benzene rings is 4. The molecule has 0 heterocycles. The van der Waals surface area contributed by atoms with Crippen LogP contribution in [0.25, 0.3) is 0 Å². The fraction of sp³-hybridized carbons (Fsp3) is 0.111. The van der Waals surface area contributed by atoms with Gasteiger partial charge in [-0.2, -0.15) is 0 Å². The first-order valence-electron chi connectivity index (χ1n) is 10.4. The van der Waals surface area contributed by atoms with Gasteiger partial charge in [0, 0.05) is 11.4 Å². The maximum absolute atomic E-state index is 6.09. The lowest BCUT2D eigenvalue weighted by Crippen LogP contribution is -1.96. The molecule has 156 valence electrons. The van der Waals surface area contributed by atoms with Crippen molar-refractivity contribution >= 4 is 11.4 Å². The summed E-state index contributed by atoms with van der Waals surface area (Å²) in [6, 6.07) is 31.2. The van der Waals surface area contributed by atoms with Crippen LogP contribution in [0.15, 0.2) is 97.1 Å². The van der Waals surface area contributed by atoms with E-state index in [-0.39, 0.29) is 0 Å². The average Bonchev–Trinajstić information content (AvgIpc) is 2.79. The molecular weight excluding hydrogens is 384 g/mol. The Hall–Kier alpha value is -3.92. The van der Waals surface area contributed by atoms with Crippen molar-refractivity contribution in [2.45, 2.75) is 19.3 Å². The Kier molecular flexibility index (Phi) is 6.38. The van der Waals surface area contributed by atoms with E-state index < -0.39 is 0 Å². The molecule has 4 heteroatoms. The van der Waals surface area contributed by atoms with Gasteiger partial charge in [-0.05, 0) is 91.1 Å². The number of hydrogen-bond acceptors (Lipinski definition) is 4. The predicted octanol–water partition coefficient (Wildman–Crippen LogP) is 6.61. The molecule has 0 aromatic heterocycles. The van der Waals surface area contributed by atoms with E-state index in [1.54, 1.807) is 0 Å². The Morgan fingerprint density at radius 1 is 0.484 bits per heavy atom. The average molecular weight is 411 g/mol. The van der Waals surface area contributed by atoms with E-state index in [4.69, 9.17) is 20.9 Å². The Morgan fingerprint density at radius 2 is 0.871 bits per heavy atom. The number of nitrogens with two attached hydrogens (primary N) is 2. The molecule has 0 radical (unpaired) electrons. The number of para-hydroxylation sites is 2. The summed E-state index contributed by atoms with van der Waals surface area (Å²) in [6.07, 6.45) is 2.78. The van der Waals surface area contributed by atoms with Gasteiger partial charge >= 0.3 is 0 Å². The quantitative estimate of drug-likeness (QED) is 0.321. The summed E-state index contributed by atoms with van der Waals surface area (Å²) in [7, 11) is 0. The summed E-state index contributed by atoms with van der Waals surface area (Å²) in [6.45, 7) is 0. The van der Waals surface area contributed by atoms with Crippen molar-refractivity contribution in [2.75, 3.05) is 11.5 Å². The Labute approximate surface area is 183 Å². The maximum atomic E-state index is 6.09. The number of nitrogen functional groups attached to an aromatic ring is 2. The lowest BCUT2D eigenvalue weighted by Gasteiger charge is -2.13. The number of rotatable bonds is 8. The molecule has 4 aromatic rings. The van der Waals surface area contributed by atoms with E-state index in [1.165, 1.54) is 11.1 Å². The summed E-state index contributed by atoms with van der Waals surface area (Å²) < 4.78 is 12.2. The highest BCUT2D eigenvalue weighted by Gasteiger charge is 2.08. The smallest absolute Gasteiger partial charge is 0.130 e. The standard InChI is InChI=1S/C27H26N2O2/c28-22-12-16-24(17-13-22)30-26-10-3-1-6-20(26)8-5-9-21-7-2-4-11-27(21)31-25-18-14-23(29)15-19-25/h1-4,6-7,10-19H,5,8-9,28-29H2. The van der Waals surface area contributed by atoms with Crippen molar-refractivity contribution in [3.05, 3.63) is 108 Å². The molecule has 0 amide bonds. The van der Waals surface area contributed by atoms with E-state index in [0.29, 0.717) is 0 Å². The van der Waals surface area contributed by atoms with Gasteiger partial charge in [-0.3, -0.25) is 0 Å². The van der Waals surface area contributed by atoms with Gasteiger partial charge in [0.1, 0.15) is 23.0 Å². The molecule has 0 aliphatic rings. The molecule has 0 fully saturated rings. The Balaban J connectivity index is 1.41. The molecule has 0 saturated heterocycles. The third-order valence-electron chi connectivity index (χ3n) is 5.05. The van der Waals surface area contributed by atoms with Gasteiger partial charge in [0.2, 0.25) is 0 Å². The summed E-state index contributed by atoms with van der Waals surface area (Å²) in [5.74, 6) is 3.31. The monoisotopic (exact) mass is 410 g/mol. The molecule has 0 aliphatic carbocycles. The third-order valence-corrected chi connectivity index (χ3v) is 5.05. The molecule has 4 aromatic carbocycles. The molecule has 31 heavy (non-hydrogen) atoms. The normalized spacial score (nSPS) is 10.6. The van der Waals surface area contributed by atoms with Crippen molar-refractivity contribution in [3.8, 4) is 23.0 Å². The highest BCUT2D eigenvalue weighted by Crippen LogP contribution is 2.29. The topological polar surface area (TPSA) is 70.5 Å². The summed E-state index contributed by atoms with van der Waals surface area (Å²) >= 11 is 0. The highest BCUT2D eigenvalue weighted by atomic mass is 16.5. The van der Waals surface area contributed by atoms with Crippen LogP contribution in [-0.4, -0.2) is 0 Å². The van der Waals surface area contributed by atoms with Crippen LogP contribution < -0.4 is 20.9 Å². The largest absolute Gasteiger partial charge is 0.457 e. The minimum Gasteiger partial charge on any atom is -0.457 e. The van der Waals surface area contributed by atoms with Crippen LogP contribution >= 0.6 is 0 Å². The van der Waals surface area contributed by atoms with Crippen LogP contribution in [0.1, 0.15) is 17.5 Å². The predicted molar refractivity (Wildman–Crippen MR) is 127 cm³/mol. The highest BCUT2D eigenvalue weighted by molar-refractivity contribution is 5.45. The van der Waals surface area contributed by atoms with Gasteiger partial charge in [-0.1, -0.05) is 36.4 Å². The zero-order valence-corrected chi connectivity index (χ0v) is 17.3. The van der Waals surface area contributed by atoms with Gasteiger partial charge in [0.05, 0.1) is 0 Å². The lowest BCUT2D eigenvalue weighted by atomic mass is 10.0. The molecule has 0 bridgehead atoms. The Bertz CT molecular complexity index is 1030. The van der Waals surface area contributed by atoms with Crippen LogP contribution in [-0.2, 0) is 12.8 Å². The fourth-order valence-corrected chi connectivity index (χ4v) is 3.41. The second-order valence-electron chi connectivity index (χ2n) is 7.41. The Morgan fingerprint density at radius 3 is 1.29 bits per heavy atom. The molecule has 0 unspecified atom stereocenters. The second-order valence-corrected chi connectivity index (χ2v) is 7.41. The summed E-state index contributed by atoms with van der Waals surface area (Å²) in [5, 5.41) is 0. The zero-order chi connectivity index (χ0) is 21.5. The molecular formula is C27H26N2O2. The molecule has 0 aliphatic heterocycles. The van der Waals surface area contributed by atoms with Gasteiger partial charge in [0.25, 0.3) is 0 Å². The van der Waals surface area contributed by atoms with Crippen molar-refractivity contribution in [1.29, 1.82) is 0 Å². The fourth-order valence-electron chi connectivity index (χ4n) is 3.41. The molecule has 4 N–H and O–H groups in total. The number of hydrogen-bond donors (Lipinski definition) is 2. The van der Waals surface area contributed by atoms with Crippen molar-refractivity contribution in [2.24, 2.45) is 0 Å². The van der Waals surface area contributed by atoms with E-state index in [0.717, 1.165) is 53.6 Å². The SMILES string of the molecule is Nc1ccc(Oc2ccccc2CCCc2ccccc2Oc2ccc(N)cc2)cc1. The first-order chi connectivity index (χ1) is 15.2. The summed E-state index contributed by atoms with van der Waals surface area (Å²) in [5.41, 5.74) is 15.3. The van der Waals surface area contributed by atoms with Gasteiger partial charge in [-0.25, -0.2) is 0 Å². The third kappa shape index (κ3) is 5.58. The first-order valence-corrected chi connectivity index (χ1v) is 10.4. The van der Waals surface area contributed by atoms with E-state index in [1.807, 2.05) is 84.9 Å². The number of aryl methyl sites for hydroxylation is 2. The molecule has 4 nitrogen and oxygen atoms in total. The molecule has 0 atom stereocenters. The van der Waals surface area contributed by atoms with Crippen LogP contribution in [0.5, 0.6) is 23.0 Å². The second kappa shape index (κ2) is 9.72. The van der Waals surface area contributed by atoms with Gasteiger partial charge in [-0.15, -0.1) is 0 Å². The molecule has 0 spiro atoms. The minimum atomic E-state index is 0.723. The van der Waals surface area contributed by atoms with Crippen molar-refractivity contribution in [3.63, 3.8) is 0 Å². The summed E-state index contributed by atoms with van der Waals surface area (Å²) in [4.78, 5) is 0. The maximum Gasteiger partial charge on any atom is 0.130 e. The van der Waals surface area contributed by atoms with E-state index in [9.17, 15) is 0 Å². The number of ether oxygens (including phenoxy) is 2. The van der Waals surface area contributed by atoms with Crippen LogP contribution in [0.2, 0.25) is 0 Å². The van der Waals surface area contributed by atoms with Crippen molar-refractivity contribution < 1.29 is 9.47 Å². The zero-order valence-electron chi connectivity index (χ0n) is 17.3. The minimum absolute atomic E-state index is 0.723. The van der Waals surface area contributed by atoms with Crippen LogP contribution in [0, 0.1) is 0 Å². The lowest BCUT2D eigenvalue weighted by molar-refractivity contribution is 0.472. The van der Waals surface area contributed by atoms with Gasteiger partial charge < -0.3 is 20.9 Å². The van der Waals surface area contributed by atoms with E-state index >= 15 is 0 Å². The van der Waals surface area contributed by atoms with E-state index in [2.05, 4.69) is 12.1 Å².